The molecule has 2 aromatic carbocycles. The molecule has 2 aliphatic rings. The third-order valence-corrected chi connectivity index (χ3v) is 7.78. The molecule has 4 rings (SSSR count). The van der Waals surface area contributed by atoms with Crippen LogP contribution in [0, 0.1) is 5.92 Å². The van der Waals surface area contributed by atoms with Gasteiger partial charge in [-0.3, -0.25) is 13.9 Å². The summed E-state index contributed by atoms with van der Waals surface area (Å²) in [4.78, 5) is 22.9. The SMILES string of the molecule is CC(C)C(=O)c1ccc(-c2c3cc/c(=N\O)c(S(=O)(=O)O)c-3oc3c(S(=O)(=O)O)c(N)ccc23)c(C(=O)O)c1. The fraction of sp³-hybridized carbons (Fsp3) is 0.125. The van der Waals surface area contributed by atoms with Gasteiger partial charge in [-0.1, -0.05) is 31.1 Å². The highest BCUT2D eigenvalue weighted by Crippen LogP contribution is 2.45. The van der Waals surface area contributed by atoms with E-state index in [9.17, 15) is 45.8 Å². The summed E-state index contributed by atoms with van der Waals surface area (Å²) in [6.45, 7) is 3.25. The van der Waals surface area contributed by atoms with Gasteiger partial charge in [0, 0.05) is 28.0 Å². The Bertz CT molecular complexity index is 1960. The van der Waals surface area contributed by atoms with Gasteiger partial charge in [-0.15, -0.1) is 0 Å². The third kappa shape index (κ3) is 4.72. The van der Waals surface area contributed by atoms with E-state index in [1.165, 1.54) is 24.3 Å². The van der Waals surface area contributed by atoms with Crippen molar-refractivity contribution in [2.24, 2.45) is 11.1 Å². The van der Waals surface area contributed by atoms with Crippen molar-refractivity contribution < 1.29 is 50.3 Å². The minimum absolute atomic E-state index is 0.0724. The summed E-state index contributed by atoms with van der Waals surface area (Å²) in [6, 6.07) is 8.28. The van der Waals surface area contributed by atoms with Crippen molar-refractivity contribution in [2.75, 3.05) is 5.73 Å². The van der Waals surface area contributed by atoms with Gasteiger partial charge in [0.2, 0.25) is 0 Å². The van der Waals surface area contributed by atoms with Gasteiger partial charge in [0.15, 0.2) is 26.9 Å². The lowest BCUT2D eigenvalue weighted by Gasteiger charge is -2.20. The largest absolute Gasteiger partial charge is 0.478 e. The molecule has 2 aromatic rings. The average Bonchev–Trinajstić information content (AvgIpc) is 2.84. The van der Waals surface area contributed by atoms with Crippen LogP contribution in [0.15, 0.2) is 61.8 Å². The highest BCUT2D eigenvalue weighted by molar-refractivity contribution is 7.86. The molecular weight excluding hydrogens is 556 g/mol. The molecule has 0 saturated heterocycles. The van der Waals surface area contributed by atoms with E-state index in [2.05, 4.69) is 5.16 Å². The summed E-state index contributed by atoms with van der Waals surface area (Å²) in [7, 11) is -10.3. The van der Waals surface area contributed by atoms with Crippen molar-refractivity contribution in [3.63, 3.8) is 0 Å². The number of carbonyl (C=O) groups is 2. The first kappa shape index (κ1) is 27.7. The number of aromatic carboxylic acids is 1. The standard InChI is InChI=1S/C24H20N2O11S2/c1-10(2)19(27)11-3-4-12(15(9-11)24(28)29)18-13-5-7-16(25)22(38(31,32)33)20(13)37-21-14(18)6-8-17(26-30)23(21)39(34,35)36/h3-10,30H,25H2,1-2H3,(H,28,29)(H,31,32,33)(H,34,35,36)/b26-17+. The van der Waals surface area contributed by atoms with Crippen molar-refractivity contribution in [1.82, 2.24) is 0 Å². The van der Waals surface area contributed by atoms with Crippen LogP contribution in [0.4, 0.5) is 5.69 Å². The highest BCUT2D eigenvalue weighted by atomic mass is 32.2. The van der Waals surface area contributed by atoms with Crippen molar-refractivity contribution >= 4 is 48.6 Å². The van der Waals surface area contributed by atoms with Crippen LogP contribution in [0.1, 0.15) is 34.6 Å². The molecule has 39 heavy (non-hydrogen) atoms. The second-order valence-corrected chi connectivity index (χ2v) is 11.5. The maximum atomic E-state index is 12.6. The predicted molar refractivity (Wildman–Crippen MR) is 136 cm³/mol. The molecule has 6 N–H and O–H groups in total. The molecule has 0 unspecified atom stereocenters. The molecular formula is C24H20N2O11S2. The molecule has 1 aliphatic heterocycles. The van der Waals surface area contributed by atoms with Gasteiger partial charge in [-0.25, -0.2) is 4.79 Å². The van der Waals surface area contributed by atoms with Gasteiger partial charge >= 0.3 is 16.1 Å². The molecule has 15 heteroatoms. The van der Waals surface area contributed by atoms with E-state index in [1.54, 1.807) is 13.8 Å². The van der Waals surface area contributed by atoms with Crippen LogP contribution in [0.2, 0.25) is 0 Å². The van der Waals surface area contributed by atoms with Gasteiger partial charge in [0.1, 0.15) is 5.36 Å². The lowest BCUT2D eigenvalue weighted by molar-refractivity contribution is 0.0697. The van der Waals surface area contributed by atoms with Crippen LogP contribution < -0.4 is 11.1 Å². The van der Waals surface area contributed by atoms with Gasteiger partial charge < -0.3 is 20.5 Å². The zero-order chi connectivity index (χ0) is 29.0. The molecule has 204 valence electrons. The Morgan fingerprint density at radius 2 is 1.54 bits per heavy atom. The topological polar surface area (TPSA) is 235 Å². The Morgan fingerprint density at radius 1 is 0.923 bits per heavy atom. The molecule has 1 heterocycles. The number of hydrogen-bond acceptors (Lipinski definition) is 10. The first-order chi connectivity index (χ1) is 18.1. The number of ketones is 1. The molecule has 0 bridgehead atoms. The van der Waals surface area contributed by atoms with Crippen molar-refractivity contribution in [3.8, 4) is 22.5 Å². The fourth-order valence-corrected chi connectivity index (χ4v) is 5.79. The normalized spacial score (nSPS) is 12.9. The number of nitrogens with two attached hydrogens (primary N) is 1. The van der Waals surface area contributed by atoms with Crippen LogP contribution in [-0.4, -0.2) is 48.0 Å². The van der Waals surface area contributed by atoms with Gasteiger partial charge in [0.05, 0.1) is 11.3 Å². The number of hydrogen-bond donors (Lipinski definition) is 5. The molecule has 0 atom stereocenters. The number of carbonyl (C=O) groups excluding carboxylic acids is 1. The minimum Gasteiger partial charge on any atom is -0.478 e. The lowest BCUT2D eigenvalue weighted by atomic mass is 9.88. The van der Waals surface area contributed by atoms with Gasteiger partial charge in [-0.05, 0) is 35.9 Å². The number of Topliss-reactive ketones (excluding diaryl/α,β-unsaturated/α-hetero) is 1. The van der Waals surface area contributed by atoms with Gasteiger partial charge in [0.25, 0.3) is 10.1 Å². The van der Waals surface area contributed by atoms with Crippen LogP contribution >= 0.6 is 0 Å². The Kier molecular flexibility index (Phi) is 6.72. The van der Waals surface area contributed by atoms with E-state index in [1.807, 2.05) is 0 Å². The second kappa shape index (κ2) is 9.46. The molecule has 0 amide bonds. The van der Waals surface area contributed by atoms with Crippen molar-refractivity contribution in [3.05, 3.63) is 58.9 Å². The van der Waals surface area contributed by atoms with E-state index in [0.29, 0.717) is 0 Å². The smallest absolute Gasteiger partial charge is 0.336 e. The zero-order valence-corrected chi connectivity index (χ0v) is 21.7. The van der Waals surface area contributed by atoms with E-state index in [4.69, 9.17) is 10.2 Å². The molecule has 0 aromatic heterocycles. The van der Waals surface area contributed by atoms with E-state index >= 15 is 0 Å². The fourth-order valence-electron chi connectivity index (χ4n) is 4.28. The summed E-state index contributed by atoms with van der Waals surface area (Å²) in [5, 5.41) is 21.4. The number of carboxylic acids is 1. The monoisotopic (exact) mass is 576 g/mol. The first-order valence-electron chi connectivity index (χ1n) is 10.9. The Hall–Kier alpha value is -4.31. The Labute approximate surface area is 220 Å². The van der Waals surface area contributed by atoms with E-state index in [0.717, 1.165) is 18.2 Å². The molecule has 0 spiro atoms. The summed E-state index contributed by atoms with van der Waals surface area (Å²) in [6.07, 6.45) is 0. The lowest BCUT2D eigenvalue weighted by Crippen LogP contribution is -2.18. The first-order valence-corrected chi connectivity index (χ1v) is 13.8. The maximum Gasteiger partial charge on any atom is 0.336 e. The number of fused-ring (bicyclic) bond motifs is 2. The average molecular weight is 577 g/mol. The number of nitrogens with zero attached hydrogens (tertiary/aromatic N) is 1. The third-order valence-electron chi connectivity index (χ3n) is 5.93. The van der Waals surface area contributed by atoms with E-state index in [-0.39, 0.29) is 33.4 Å². The van der Waals surface area contributed by atoms with E-state index < -0.39 is 69.9 Å². The summed E-state index contributed by atoms with van der Waals surface area (Å²) in [5.74, 6) is -3.03. The maximum absolute atomic E-state index is 12.6. The number of nitrogen functional groups attached to an aromatic ring is 1. The van der Waals surface area contributed by atoms with Crippen LogP contribution in [0.5, 0.6) is 0 Å². The second-order valence-electron chi connectivity index (χ2n) is 8.76. The van der Waals surface area contributed by atoms with Gasteiger partial charge in [-0.2, -0.15) is 16.8 Å². The Balaban J connectivity index is 2.34. The summed E-state index contributed by atoms with van der Waals surface area (Å²) >= 11 is 0. The zero-order valence-electron chi connectivity index (χ0n) is 20.1. The van der Waals surface area contributed by atoms with Crippen molar-refractivity contribution in [1.29, 1.82) is 0 Å². The molecule has 1 aliphatic carbocycles. The van der Waals surface area contributed by atoms with Crippen LogP contribution in [-0.2, 0) is 20.2 Å². The van der Waals surface area contributed by atoms with Crippen LogP contribution in [0.25, 0.3) is 33.4 Å². The molecule has 13 nitrogen and oxygen atoms in total. The summed E-state index contributed by atoms with van der Waals surface area (Å²) in [5.41, 5.74) is 3.91. The predicted octanol–water partition coefficient (Wildman–Crippen LogP) is 3.11. The molecule has 0 radical (unpaired) electrons. The Morgan fingerprint density at radius 3 is 2.08 bits per heavy atom. The quantitative estimate of drug-likeness (QED) is 0.0556. The summed E-state index contributed by atoms with van der Waals surface area (Å²) < 4.78 is 74.6. The molecule has 0 saturated carbocycles. The minimum atomic E-state index is -5.20. The van der Waals surface area contributed by atoms with Crippen molar-refractivity contribution in [2.45, 2.75) is 23.6 Å². The number of rotatable bonds is 6. The number of benzene rings is 3. The number of carboxylic acid groups (broad SMARTS) is 1. The van der Waals surface area contributed by atoms with Crippen LogP contribution in [0.3, 0.4) is 0 Å². The highest BCUT2D eigenvalue weighted by Gasteiger charge is 2.32. The number of anilines is 1. The molecule has 0 fully saturated rings.